The molecule has 0 unspecified atom stereocenters. The third-order valence-electron chi connectivity index (χ3n) is 3.80. The van der Waals surface area contributed by atoms with Gasteiger partial charge in [-0.05, 0) is 18.2 Å². The number of alkyl halides is 1. The summed E-state index contributed by atoms with van der Waals surface area (Å²) in [6.07, 6.45) is 0. The Labute approximate surface area is 154 Å². The topological polar surface area (TPSA) is 76.0 Å². The van der Waals surface area contributed by atoms with Crippen molar-refractivity contribution in [3.63, 3.8) is 0 Å². The zero-order chi connectivity index (χ0) is 17.5. The highest BCUT2D eigenvalue weighted by Gasteiger charge is 2.50. The number of carbonyl (C=O) groups is 1. The molecule has 1 aromatic carbocycles. The third-order valence-corrected chi connectivity index (χ3v) is 7.48. The van der Waals surface area contributed by atoms with Gasteiger partial charge in [0.2, 0.25) is 0 Å². The molecule has 2 heterocycles. The quantitative estimate of drug-likeness (QED) is 0.713. The lowest BCUT2D eigenvalue weighted by Gasteiger charge is -2.26. The maximum atomic E-state index is 12.0. The van der Waals surface area contributed by atoms with E-state index in [0.29, 0.717) is 21.6 Å². The molecule has 130 valence electrons. The molecular weight excluding hydrogens is 395 g/mol. The second-order valence-electron chi connectivity index (χ2n) is 5.41. The van der Waals surface area contributed by atoms with Gasteiger partial charge in [-0.1, -0.05) is 23.4 Å². The number of hydrogen-bond acceptors (Lipinski definition) is 5. The van der Waals surface area contributed by atoms with Crippen LogP contribution in [-0.4, -0.2) is 55.3 Å². The number of methoxy groups -OCH3 is 1. The number of nitrogens with zero attached hydrogens (tertiary/aromatic N) is 2. The van der Waals surface area contributed by atoms with Crippen molar-refractivity contribution in [1.29, 1.82) is 0 Å². The molecule has 0 spiro atoms. The SMILES string of the molecule is COc1ccc(Cl)cc1N1C(=NC(=O)CCl)S[C@H]2CS(=O)(=O)C[C@@H]21. The summed E-state index contributed by atoms with van der Waals surface area (Å²) in [6, 6.07) is 4.72. The Morgan fingerprint density at radius 1 is 1.46 bits per heavy atom. The van der Waals surface area contributed by atoms with Crippen LogP contribution in [0.3, 0.4) is 0 Å². The van der Waals surface area contributed by atoms with Crippen LogP contribution < -0.4 is 9.64 Å². The molecule has 0 radical (unpaired) electrons. The van der Waals surface area contributed by atoms with Gasteiger partial charge in [0.25, 0.3) is 5.91 Å². The number of amidine groups is 1. The highest BCUT2D eigenvalue weighted by Crippen LogP contribution is 2.44. The average molecular weight is 409 g/mol. The van der Waals surface area contributed by atoms with E-state index in [9.17, 15) is 13.2 Å². The van der Waals surface area contributed by atoms with Gasteiger partial charge in [0.15, 0.2) is 15.0 Å². The van der Waals surface area contributed by atoms with E-state index < -0.39 is 15.7 Å². The summed E-state index contributed by atoms with van der Waals surface area (Å²) >= 11 is 12.9. The normalized spacial score (nSPS) is 26.6. The fourth-order valence-corrected chi connectivity index (χ4v) is 6.98. The highest BCUT2D eigenvalue weighted by molar-refractivity contribution is 8.16. The molecule has 10 heteroatoms. The van der Waals surface area contributed by atoms with Gasteiger partial charge in [-0.25, -0.2) is 8.42 Å². The first-order chi connectivity index (χ1) is 11.3. The van der Waals surface area contributed by atoms with Gasteiger partial charge in [0.1, 0.15) is 11.6 Å². The third kappa shape index (κ3) is 3.37. The molecule has 2 fully saturated rings. The molecule has 2 atom stereocenters. The van der Waals surface area contributed by atoms with E-state index in [0.717, 1.165) is 0 Å². The number of sulfone groups is 1. The van der Waals surface area contributed by atoms with Crippen LogP contribution >= 0.6 is 35.0 Å². The smallest absolute Gasteiger partial charge is 0.262 e. The maximum Gasteiger partial charge on any atom is 0.262 e. The Morgan fingerprint density at radius 3 is 2.88 bits per heavy atom. The van der Waals surface area contributed by atoms with Crippen LogP contribution in [0.4, 0.5) is 5.69 Å². The first-order valence-corrected chi connectivity index (χ1v) is 10.6. The van der Waals surface area contributed by atoms with Crippen molar-refractivity contribution < 1.29 is 17.9 Å². The maximum absolute atomic E-state index is 12.0. The lowest BCUT2D eigenvalue weighted by molar-refractivity contribution is -0.115. The molecule has 2 aliphatic rings. The number of benzene rings is 1. The standard InChI is InChI=1S/C14H14Cl2N2O4S2/c1-22-11-3-2-8(16)4-9(11)18-10-6-24(20,21)7-12(10)23-14(18)17-13(19)5-15/h2-4,10,12H,5-7H2,1H3/t10-,12-/m0/s1. The van der Waals surface area contributed by atoms with Crippen LogP contribution in [0.1, 0.15) is 0 Å². The number of anilines is 1. The molecule has 0 bridgehead atoms. The summed E-state index contributed by atoms with van der Waals surface area (Å²) < 4.78 is 29.4. The van der Waals surface area contributed by atoms with Gasteiger partial charge in [0.05, 0.1) is 30.3 Å². The average Bonchev–Trinajstić information content (AvgIpc) is 2.97. The van der Waals surface area contributed by atoms with Crippen molar-refractivity contribution in [2.45, 2.75) is 11.3 Å². The number of fused-ring (bicyclic) bond motifs is 1. The van der Waals surface area contributed by atoms with Gasteiger partial charge in [-0.3, -0.25) is 4.79 Å². The molecule has 1 amide bonds. The zero-order valence-corrected chi connectivity index (χ0v) is 15.8. The Bertz CT molecular complexity index is 813. The molecule has 2 aliphatic heterocycles. The van der Waals surface area contributed by atoms with Crippen LogP contribution in [-0.2, 0) is 14.6 Å². The highest BCUT2D eigenvalue weighted by atomic mass is 35.5. The second kappa shape index (κ2) is 6.74. The van der Waals surface area contributed by atoms with E-state index in [1.807, 2.05) is 0 Å². The van der Waals surface area contributed by atoms with Crippen molar-refractivity contribution >= 4 is 61.6 Å². The lowest BCUT2D eigenvalue weighted by atomic mass is 10.2. The number of aliphatic imine (C=N–C) groups is 1. The van der Waals surface area contributed by atoms with Crippen molar-refractivity contribution in [1.82, 2.24) is 0 Å². The number of hydrogen-bond donors (Lipinski definition) is 0. The van der Waals surface area contributed by atoms with E-state index in [-0.39, 0.29) is 28.7 Å². The van der Waals surface area contributed by atoms with Gasteiger partial charge >= 0.3 is 0 Å². The molecular formula is C14H14Cl2N2O4S2. The lowest BCUT2D eigenvalue weighted by Crippen LogP contribution is -2.38. The van der Waals surface area contributed by atoms with Crippen LogP contribution in [0, 0.1) is 0 Å². The van der Waals surface area contributed by atoms with Gasteiger partial charge in [-0.15, -0.1) is 11.6 Å². The minimum Gasteiger partial charge on any atom is -0.495 e. The van der Waals surface area contributed by atoms with E-state index in [1.54, 1.807) is 23.1 Å². The summed E-state index contributed by atoms with van der Waals surface area (Å²) in [5.74, 6) is -0.147. The van der Waals surface area contributed by atoms with Gasteiger partial charge in [-0.2, -0.15) is 4.99 Å². The number of carbonyl (C=O) groups excluding carboxylic acids is 1. The van der Waals surface area contributed by atoms with Crippen LogP contribution in [0.25, 0.3) is 0 Å². The van der Waals surface area contributed by atoms with Crippen LogP contribution in [0.5, 0.6) is 5.75 Å². The largest absolute Gasteiger partial charge is 0.495 e. The molecule has 6 nitrogen and oxygen atoms in total. The fraction of sp³-hybridized carbons (Fsp3) is 0.429. The zero-order valence-electron chi connectivity index (χ0n) is 12.6. The van der Waals surface area contributed by atoms with Gasteiger partial charge < -0.3 is 9.64 Å². The molecule has 0 N–H and O–H groups in total. The van der Waals surface area contributed by atoms with Crippen molar-refractivity contribution in [2.75, 3.05) is 29.4 Å². The van der Waals surface area contributed by atoms with E-state index in [2.05, 4.69) is 4.99 Å². The molecule has 0 aromatic heterocycles. The van der Waals surface area contributed by atoms with Crippen molar-refractivity contribution in [3.05, 3.63) is 23.2 Å². The number of rotatable bonds is 3. The predicted octanol–water partition coefficient (Wildman–Crippen LogP) is 2.19. The Morgan fingerprint density at radius 2 is 2.21 bits per heavy atom. The Balaban J connectivity index is 2.10. The monoisotopic (exact) mass is 408 g/mol. The predicted molar refractivity (Wildman–Crippen MR) is 97.5 cm³/mol. The Hall–Kier alpha value is -0.960. The molecule has 2 saturated heterocycles. The van der Waals surface area contributed by atoms with E-state index in [4.69, 9.17) is 27.9 Å². The molecule has 0 aliphatic carbocycles. The van der Waals surface area contributed by atoms with Crippen LogP contribution in [0.2, 0.25) is 5.02 Å². The fourth-order valence-electron chi connectivity index (χ4n) is 2.83. The minimum atomic E-state index is -3.14. The van der Waals surface area contributed by atoms with E-state index >= 15 is 0 Å². The molecule has 24 heavy (non-hydrogen) atoms. The summed E-state index contributed by atoms with van der Waals surface area (Å²) in [6.45, 7) is 0. The molecule has 0 saturated carbocycles. The number of ether oxygens (including phenoxy) is 1. The summed E-state index contributed by atoms with van der Waals surface area (Å²) in [4.78, 5) is 17.4. The molecule has 1 aromatic rings. The Kier molecular flexibility index (Phi) is 5.01. The number of thioether (sulfide) groups is 1. The number of halogens is 2. The van der Waals surface area contributed by atoms with E-state index in [1.165, 1.54) is 18.9 Å². The minimum absolute atomic E-state index is 0.00554. The number of amides is 1. The first-order valence-electron chi connectivity index (χ1n) is 7.02. The summed E-state index contributed by atoms with van der Waals surface area (Å²) in [5, 5.41) is 0.704. The first kappa shape index (κ1) is 17.8. The van der Waals surface area contributed by atoms with Crippen LogP contribution in [0.15, 0.2) is 23.2 Å². The van der Waals surface area contributed by atoms with Gasteiger partial charge in [0, 0.05) is 10.3 Å². The summed E-state index contributed by atoms with van der Waals surface area (Å²) in [5.41, 5.74) is 0.586. The molecule has 3 rings (SSSR count). The second-order valence-corrected chi connectivity index (χ2v) is 9.47. The van der Waals surface area contributed by atoms with Crippen molar-refractivity contribution in [2.24, 2.45) is 4.99 Å². The van der Waals surface area contributed by atoms with Crippen molar-refractivity contribution in [3.8, 4) is 5.75 Å². The summed E-state index contributed by atoms with van der Waals surface area (Å²) in [7, 11) is -1.62.